The molecule has 0 bridgehead atoms. The van der Waals surface area contributed by atoms with E-state index in [4.69, 9.17) is 0 Å². The molecular formula is C17H22N4OS2. The Bertz CT molecular complexity index is 693. The van der Waals surface area contributed by atoms with Gasteiger partial charge in [0.25, 0.3) is 0 Å². The molecule has 2 aromatic rings. The highest BCUT2D eigenvalue weighted by atomic mass is 32.1. The molecule has 0 radical (unpaired) electrons. The van der Waals surface area contributed by atoms with E-state index in [0.29, 0.717) is 12.5 Å². The van der Waals surface area contributed by atoms with E-state index in [9.17, 15) is 4.79 Å². The summed E-state index contributed by atoms with van der Waals surface area (Å²) in [6.45, 7) is 5.21. The standard InChI is InChI=1S/C17H22N4OS2/c1-2-18-17(19-9-13-4-7-23-12-13)20-10-16(22)21-6-3-15-14(11-21)5-8-24-15/h4-5,7-8,12H,2-3,6,9-11H2,1H3,(H2,18,19,20). The Morgan fingerprint density at radius 2 is 2.25 bits per heavy atom. The van der Waals surface area contributed by atoms with Crippen molar-refractivity contribution >= 4 is 34.5 Å². The van der Waals surface area contributed by atoms with Crippen molar-refractivity contribution in [1.29, 1.82) is 0 Å². The third-order valence-electron chi connectivity index (χ3n) is 3.91. The van der Waals surface area contributed by atoms with Crippen LogP contribution in [0, 0.1) is 0 Å². The van der Waals surface area contributed by atoms with Gasteiger partial charge in [-0.15, -0.1) is 11.3 Å². The Labute approximate surface area is 150 Å². The first kappa shape index (κ1) is 17.0. The zero-order chi connectivity index (χ0) is 16.8. The molecule has 0 unspecified atom stereocenters. The first-order valence-electron chi connectivity index (χ1n) is 8.12. The number of thiophene rings is 2. The lowest BCUT2D eigenvalue weighted by atomic mass is 10.1. The van der Waals surface area contributed by atoms with E-state index in [1.54, 1.807) is 22.7 Å². The van der Waals surface area contributed by atoms with Crippen molar-refractivity contribution in [1.82, 2.24) is 15.5 Å². The summed E-state index contributed by atoms with van der Waals surface area (Å²) in [6.07, 6.45) is 0.963. The summed E-state index contributed by atoms with van der Waals surface area (Å²) in [7, 11) is 0. The summed E-state index contributed by atoms with van der Waals surface area (Å²) in [6, 6.07) is 4.19. The minimum Gasteiger partial charge on any atom is -0.357 e. The van der Waals surface area contributed by atoms with Crippen LogP contribution in [0.15, 0.2) is 33.3 Å². The number of aliphatic imine (C=N–C) groups is 1. The van der Waals surface area contributed by atoms with Gasteiger partial charge in [0, 0.05) is 24.5 Å². The molecule has 0 aromatic carbocycles. The Balaban J connectivity index is 1.52. The van der Waals surface area contributed by atoms with Crippen LogP contribution in [0.3, 0.4) is 0 Å². The van der Waals surface area contributed by atoms with Crippen molar-refractivity contribution in [2.45, 2.75) is 26.4 Å². The SMILES string of the molecule is CCNC(=NCc1ccsc1)NCC(=O)N1CCc2sccc2C1. The molecule has 2 N–H and O–H groups in total. The van der Waals surface area contributed by atoms with Gasteiger partial charge < -0.3 is 15.5 Å². The molecule has 0 atom stereocenters. The summed E-state index contributed by atoms with van der Waals surface area (Å²) in [5.74, 6) is 0.804. The van der Waals surface area contributed by atoms with Crippen LogP contribution in [0.4, 0.5) is 0 Å². The number of hydrogen-bond acceptors (Lipinski definition) is 4. The van der Waals surface area contributed by atoms with Crippen LogP contribution < -0.4 is 10.6 Å². The fourth-order valence-corrected chi connectivity index (χ4v) is 4.18. The Kier molecular flexibility index (Phi) is 5.87. The summed E-state index contributed by atoms with van der Waals surface area (Å²) in [4.78, 5) is 20.3. The summed E-state index contributed by atoms with van der Waals surface area (Å²) >= 11 is 3.45. The smallest absolute Gasteiger partial charge is 0.242 e. The molecule has 5 nitrogen and oxygen atoms in total. The minimum atomic E-state index is 0.119. The monoisotopic (exact) mass is 362 g/mol. The molecule has 3 heterocycles. The molecule has 7 heteroatoms. The average molecular weight is 363 g/mol. The Morgan fingerprint density at radius 3 is 3.04 bits per heavy atom. The first-order chi connectivity index (χ1) is 11.8. The molecular weight excluding hydrogens is 340 g/mol. The predicted molar refractivity (Wildman–Crippen MR) is 101 cm³/mol. The number of rotatable bonds is 5. The zero-order valence-electron chi connectivity index (χ0n) is 13.7. The van der Waals surface area contributed by atoms with Gasteiger partial charge in [-0.25, -0.2) is 4.99 Å². The fraction of sp³-hybridized carbons (Fsp3) is 0.412. The van der Waals surface area contributed by atoms with Gasteiger partial charge in [0.1, 0.15) is 0 Å². The van der Waals surface area contributed by atoms with Crippen molar-refractivity contribution in [3.8, 4) is 0 Å². The average Bonchev–Trinajstić information content (AvgIpc) is 3.27. The highest BCUT2D eigenvalue weighted by Gasteiger charge is 2.21. The van der Waals surface area contributed by atoms with Crippen molar-refractivity contribution < 1.29 is 4.79 Å². The summed E-state index contributed by atoms with van der Waals surface area (Å²) < 4.78 is 0. The molecule has 0 aliphatic carbocycles. The van der Waals surface area contributed by atoms with Gasteiger partial charge in [0.05, 0.1) is 13.1 Å². The molecule has 3 rings (SSSR count). The van der Waals surface area contributed by atoms with E-state index in [1.807, 2.05) is 17.2 Å². The maximum atomic E-state index is 12.5. The highest BCUT2D eigenvalue weighted by Crippen LogP contribution is 2.23. The Morgan fingerprint density at radius 1 is 1.33 bits per heavy atom. The predicted octanol–water partition coefficient (Wildman–Crippen LogP) is 2.45. The highest BCUT2D eigenvalue weighted by molar-refractivity contribution is 7.10. The molecule has 2 aromatic heterocycles. The van der Waals surface area contributed by atoms with Crippen LogP contribution in [0.25, 0.3) is 0 Å². The molecule has 0 spiro atoms. The molecule has 1 aliphatic rings. The van der Waals surface area contributed by atoms with Gasteiger partial charge in [-0.2, -0.15) is 11.3 Å². The topological polar surface area (TPSA) is 56.7 Å². The lowest BCUT2D eigenvalue weighted by molar-refractivity contribution is -0.130. The first-order valence-corrected chi connectivity index (χ1v) is 9.94. The number of nitrogens with one attached hydrogen (secondary N) is 2. The van der Waals surface area contributed by atoms with Crippen LogP contribution >= 0.6 is 22.7 Å². The quantitative estimate of drug-likeness (QED) is 0.634. The van der Waals surface area contributed by atoms with Crippen LogP contribution in [0.1, 0.15) is 22.9 Å². The number of carbonyl (C=O) groups excluding carboxylic acids is 1. The van der Waals surface area contributed by atoms with Crippen molar-refractivity contribution in [3.63, 3.8) is 0 Å². The van der Waals surface area contributed by atoms with Crippen LogP contribution in [0.2, 0.25) is 0 Å². The van der Waals surface area contributed by atoms with Gasteiger partial charge in [0.15, 0.2) is 5.96 Å². The van der Waals surface area contributed by atoms with Crippen LogP contribution in [0.5, 0.6) is 0 Å². The van der Waals surface area contributed by atoms with Crippen LogP contribution in [-0.4, -0.2) is 36.4 Å². The van der Waals surface area contributed by atoms with Crippen LogP contribution in [-0.2, 0) is 24.3 Å². The fourth-order valence-electron chi connectivity index (χ4n) is 2.63. The largest absolute Gasteiger partial charge is 0.357 e. The zero-order valence-corrected chi connectivity index (χ0v) is 15.4. The maximum absolute atomic E-state index is 12.5. The van der Waals surface area contributed by atoms with Gasteiger partial charge in [-0.1, -0.05) is 0 Å². The van der Waals surface area contributed by atoms with Gasteiger partial charge >= 0.3 is 0 Å². The Hall–Kier alpha value is -1.86. The third kappa shape index (κ3) is 4.36. The van der Waals surface area contributed by atoms with Crippen molar-refractivity contribution in [2.24, 2.45) is 4.99 Å². The van der Waals surface area contributed by atoms with E-state index < -0.39 is 0 Å². The molecule has 128 valence electrons. The van der Waals surface area contributed by atoms with E-state index in [-0.39, 0.29) is 12.5 Å². The molecule has 1 aliphatic heterocycles. The minimum absolute atomic E-state index is 0.119. The number of fused-ring (bicyclic) bond motifs is 1. The van der Waals surface area contributed by atoms with E-state index in [0.717, 1.165) is 26.1 Å². The second-order valence-electron chi connectivity index (χ2n) is 5.61. The van der Waals surface area contributed by atoms with Gasteiger partial charge in [-0.3, -0.25) is 4.79 Å². The maximum Gasteiger partial charge on any atom is 0.242 e. The number of hydrogen-bond donors (Lipinski definition) is 2. The lowest BCUT2D eigenvalue weighted by Gasteiger charge is -2.27. The number of guanidine groups is 1. The second kappa shape index (κ2) is 8.30. The third-order valence-corrected chi connectivity index (χ3v) is 5.67. The molecule has 0 saturated heterocycles. The molecule has 0 saturated carbocycles. The van der Waals surface area contributed by atoms with Crippen molar-refractivity contribution in [3.05, 3.63) is 44.3 Å². The number of nitrogens with zero attached hydrogens (tertiary/aromatic N) is 2. The van der Waals surface area contributed by atoms with E-state index >= 15 is 0 Å². The summed E-state index contributed by atoms with van der Waals surface area (Å²) in [5.41, 5.74) is 2.47. The molecule has 24 heavy (non-hydrogen) atoms. The number of amides is 1. The summed E-state index contributed by atoms with van der Waals surface area (Å²) in [5, 5.41) is 12.6. The van der Waals surface area contributed by atoms with Crippen molar-refractivity contribution in [2.75, 3.05) is 19.6 Å². The van der Waals surface area contributed by atoms with Gasteiger partial charge in [0.2, 0.25) is 5.91 Å². The molecule has 0 fully saturated rings. The van der Waals surface area contributed by atoms with Gasteiger partial charge in [-0.05, 0) is 52.7 Å². The molecule has 1 amide bonds. The second-order valence-corrected chi connectivity index (χ2v) is 7.40. The normalized spacial score (nSPS) is 14.4. The lowest BCUT2D eigenvalue weighted by Crippen LogP contribution is -2.45. The van der Waals surface area contributed by atoms with E-state index in [2.05, 4.69) is 38.5 Å². The van der Waals surface area contributed by atoms with E-state index in [1.165, 1.54) is 16.0 Å². The number of carbonyl (C=O) groups is 1.